The van der Waals surface area contributed by atoms with Crippen molar-refractivity contribution in [3.05, 3.63) is 72.8 Å². The summed E-state index contributed by atoms with van der Waals surface area (Å²) in [5, 5.41) is 13.8. The third-order valence-corrected chi connectivity index (χ3v) is 4.58. The van der Waals surface area contributed by atoms with Crippen LogP contribution in [0.1, 0.15) is 13.8 Å². The first-order valence-corrected chi connectivity index (χ1v) is 9.11. The highest BCUT2D eigenvalue weighted by Gasteiger charge is 2.20. The summed E-state index contributed by atoms with van der Waals surface area (Å²) >= 11 is 0. The molecule has 0 heterocycles. The lowest BCUT2D eigenvalue weighted by Crippen LogP contribution is -2.11. The molecular weight excluding hydrogens is 352 g/mol. The highest BCUT2D eigenvalue weighted by molar-refractivity contribution is 6.10. The molecule has 0 aliphatic carbocycles. The Morgan fingerprint density at radius 1 is 0.786 bits per heavy atom. The minimum atomic E-state index is -0.980. The molecule has 1 N–H and O–H groups in total. The topological polar surface area (TPSA) is 55.8 Å². The number of hydrogen-bond donors (Lipinski definition) is 1. The zero-order valence-corrected chi connectivity index (χ0v) is 15.7. The monoisotopic (exact) mass is 372 g/mol. The molecule has 140 valence electrons. The molecule has 0 aromatic heterocycles. The van der Waals surface area contributed by atoms with Crippen LogP contribution >= 0.6 is 0 Å². The summed E-state index contributed by atoms with van der Waals surface area (Å²) in [5.74, 6) is 0.589. The van der Waals surface area contributed by atoms with Gasteiger partial charge in [0.15, 0.2) is 6.29 Å². The van der Waals surface area contributed by atoms with Gasteiger partial charge in [-0.05, 0) is 40.6 Å². The molecule has 0 aliphatic heterocycles. The van der Waals surface area contributed by atoms with Crippen LogP contribution in [-0.4, -0.2) is 17.4 Å². The molecule has 4 rings (SSSR count). The summed E-state index contributed by atoms with van der Waals surface area (Å²) in [4.78, 5) is 11.8. The number of aliphatic hydroxyl groups excluding tert-OH is 1. The van der Waals surface area contributed by atoms with Crippen LogP contribution in [0, 0.1) is 0 Å². The van der Waals surface area contributed by atoms with Crippen LogP contribution in [0.25, 0.3) is 32.7 Å². The van der Waals surface area contributed by atoms with E-state index in [-0.39, 0.29) is 0 Å². The van der Waals surface area contributed by atoms with E-state index in [1.54, 1.807) is 13.0 Å². The molecular formula is C24H20O4. The third kappa shape index (κ3) is 3.30. The Bertz CT molecular complexity index is 1180. The predicted octanol–water partition coefficient (Wildman–Crippen LogP) is 5.30. The molecule has 0 saturated heterocycles. The first-order valence-electron chi connectivity index (χ1n) is 9.11. The van der Waals surface area contributed by atoms with E-state index in [2.05, 4.69) is 0 Å². The first-order chi connectivity index (χ1) is 13.5. The summed E-state index contributed by atoms with van der Waals surface area (Å²) in [5.41, 5.74) is 1.55. The molecule has 0 bridgehead atoms. The van der Waals surface area contributed by atoms with Gasteiger partial charge in [-0.2, -0.15) is 0 Å². The molecule has 28 heavy (non-hydrogen) atoms. The van der Waals surface area contributed by atoms with Gasteiger partial charge in [0.25, 0.3) is 0 Å². The fraction of sp³-hybridized carbons (Fsp3) is 0.125. The van der Waals surface area contributed by atoms with Crippen LogP contribution in [0.2, 0.25) is 0 Å². The van der Waals surface area contributed by atoms with E-state index in [1.165, 1.54) is 6.92 Å². The van der Waals surface area contributed by atoms with Gasteiger partial charge in [0.05, 0.1) is 0 Å². The number of carbonyl (C=O) groups is 1. The number of ether oxygens (including phenoxy) is 2. The smallest absolute Gasteiger partial charge is 0.308 e. The number of aliphatic hydroxyl groups is 1. The van der Waals surface area contributed by atoms with Gasteiger partial charge in [-0.3, -0.25) is 4.79 Å². The number of rotatable bonds is 4. The Hall–Kier alpha value is -3.37. The van der Waals surface area contributed by atoms with E-state index in [0.29, 0.717) is 11.5 Å². The Kier molecular flexibility index (Phi) is 4.72. The number of benzene rings is 4. The molecule has 4 nitrogen and oxygen atoms in total. The number of hydrogen-bond acceptors (Lipinski definition) is 4. The first kappa shape index (κ1) is 18.0. The molecule has 0 spiro atoms. The molecule has 1 unspecified atom stereocenters. The van der Waals surface area contributed by atoms with E-state index < -0.39 is 12.3 Å². The maximum absolute atomic E-state index is 11.8. The number of esters is 1. The van der Waals surface area contributed by atoms with Crippen LogP contribution in [0.4, 0.5) is 0 Å². The Balaban J connectivity index is 2.14. The fourth-order valence-corrected chi connectivity index (χ4v) is 3.54. The second kappa shape index (κ2) is 7.33. The largest absolute Gasteiger partial charge is 0.465 e. The van der Waals surface area contributed by atoms with Gasteiger partial charge >= 0.3 is 5.97 Å². The Labute approximate surface area is 162 Å². The molecule has 4 aromatic carbocycles. The zero-order valence-electron chi connectivity index (χ0n) is 15.7. The maximum Gasteiger partial charge on any atom is 0.308 e. The minimum absolute atomic E-state index is 0.394. The van der Waals surface area contributed by atoms with Gasteiger partial charge < -0.3 is 14.6 Å². The average molecular weight is 372 g/mol. The van der Waals surface area contributed by atoms with E-state index in [0.717, 1.165) is 32.7 Å². The summed E-state index contributed by atoms with van der Waals surface area (Å²) < 4.78 is 11.3. The van der Waals surface area contributed by atoms with Crippen molar-refractivity contribution >= 4 is 27.5 Å². The van der Waals surface area contributed by atoms with Crippen molar-refractivity contribution in [2.75, 3.05) is 0 Å². The van der Waals surface area contributed by atoms with Gasteiger partial charge in [-0.1, -0.05) is 60.7 Å². The van der Waals surface area contributed by atoms with E-state index in [1.807, 2.05) is 66.7 Å². The van der Waals surface area contributed by atoms with Gasteiger partial charge in [0.1, 0.15) is 11.5 Å². The fourth-order valence-electron chi connectivity index (χ4n) is 3.54. The van der Waals surface area contributed by atoms with Crippen LogP contribution in [0.15, 0.2) is 72.8 Å². The molecule has 1 atom stereocenters. The predicted molar refractivity (Wildman–Crippen MR) is 111 cm³/mol. The summed E-state index contributed by atoms with van der Waals surface area (Å²) in [7, 11) is 0. The maximum atomic E-state index is 11.8. The summed E-state index contributed by atoms with van der Waals surface area (Å²) in [6.45, 7) is 2.95. The van der Waals surface area contributed by atoms with Crippen molar-refractivity contribution in [2.45, 2.75) is 20.1 Å². The standard InChI is InChI=1S/C24H20O4/c1-15(25)27-21-13-11-17-7-3-5-9-19(17)23(21)24-20-10-6-4-8-18(20)12-14-22(24)28-16(2)26/h3-15,25H,1-2H3. The van der Waals surface area contributed by atoms with Crippen molar-refractivity contribution in [1.29, 1.82) is 0 Å². The van der Waals surface area contributed by atoms with Crippen molar-refractivity contribution in [3.8, 4) is 22.6 Å². The van der Waals surface area contributed by atoms with Crippen LogP contribution in [0.3, 0.4) is 0 Å². The van der Waals surface area contributed by atoms with E-state index in [4.69, 9.17) is 9.47 Å². The van der Waals surface area contributed by atoms with Crippen molar-refractivity contribution in [1.82, 2.24) is 0 Å². The lowest BCUT2D eigenvalue weighted by atomic mass is 9.92. The van der Waals surface area contributed by atoms with Gasteiger partial charge in [-0.25, -0.2) is 0 Å². The lowest BCUT2D eigenvalue weighted by molar-refractivity contribution is -0.131. The number of carbonyl (C=O) groups excluding carboxylic acids is 1. The second-order valence-corrected chi connectivity index (χ2v) is 6.63. The van der Waals surface area contributed by atoms with Crippen molar-refractivity contribution in [2.24, 2.45) is 0 Å². The molecule has 0 amide bonds. The zero-order chi connectivity index (χ0) is 19.7. The SMILES string of the molecule is CC(=O)Oc1ccc2ccccc2c1-c1c(OC(C)O)ccc2ccccc12. The normalized spacial score (nSPS) is 12.1. The Morgan fingerprint density at radius 2 is 1.29 bits per heavy atom. The van der Waals surface area contributed by atoms with Gasteiger partial charge in [0, 0.05) is 18.1 Å². The van der Waals surface area contributed by atoms with Crippen LogP contribution in [0.5, 0.6) is 11.5 Å². The van der Waals surface area contributed by atoms with Crippen LogP contribution < -0.4 is 9.47 Å². The average Bonchev–Trinajstić information content (AvgIpc) is 2.67. The second-order valence-electron chi connectivity index (χ2n) is 6.63. The van der Waals surface area contributed by atoms with Crippen molar-refractivity contribution < 1.29 is 19.4 Å². The molecule has 0 saturated carbocycles. The molecule has 0 aliphatic rings. The molecule has 4 heteroatoms. The quantitative estimate of drug-likeness (QED) is 0.300. The minimum Gasteiger partial charge on any atom is -0.465 e. The summed E-state index contributed by atoms with van der Waals surface area (Å²) in [6, 6.07) is 23.4. The highest BCUT2D eigenvalue weighted by atomic mass is 16.6. The van der Waals surface area contributed by atoms with Gasteiger partial charge in [-0.15, -0.1) is 0 Å². The molecule has 0 radical (unpaired) electrons. The highest BCUT2D eigenvalue weighted by Crippen LogP contribution is 2.45. The van der Waals surface area contributed by atoms with E-state index in [9.17, 15) is 9.90 Å². The molecule has 4 aromatic rings. The number of fused-ring (bicyclic) bond motifs is 2. The third-order valence-electron chi connectivity index (χ3n) is 4.58. The van der Waals surface area contributed by atoms with Gasteiger partial charge in [0.2, 0.25) is 0 Å². The van der Waals surface area contributed by atoms with Crippen molar-refractivity contribution in [3.63, 3.8) is 0 Å². The van der Waals surface area contributed by atoms with E-state index >= 15 is 0 Å². The lowest BCUT2D eigenvalue weighted by Gasteiger charge is -2.19. The molecule has 0 fully saturated rings. The Morgan fingerprint density at radius 3 is 1.82 bits per heavy atom. The van der Waals surface area contributed by atoms with Crippen LogP contribution in [-0.2, 0) is 4.79 Å². The summed E-state index contributed by atoms with van der Waals surface area (Å²) in [6.07, 6.45) is -0.980.